The molecule has 4 nitrogen and oxygen atoms in total. The van der Waals surface area contributed by atoms with Crippen LogP contribution in [0, 0.1) is 0 Å². The number of hydrogen-bond donors (Lipinski definition) is 0. The third kappa shape index (κ3) is 1.51. The number of benzene rings is 1. The third-order valence-corrected chi connectivity index (χ3v) is 1.97. The predicted octanol–water partition coefficient (Wildman–Crippen LogP) is 0.999. The van der Waals surface area contributed by atoms with Crippen LogP contribution < -0.4 is 9.47 Å². The number of hydrogen-bond acceptors (Lipinski definition) is 4. The monoisotopic (exact) mass is 194 g/mol. The number of carbonyl (C=O) groups excluding carboxylic acids is 1. The summed E-state index contributed by atoms with van der Waals surface area (Å²) in [7, 11) is 1.33. The Bertz CT molecular complexity index is 348. The van der Waals surface area contributed by atoms with Crippen molar-refractivity contribution in [1.29, 1.82) is 0 Å². The van der Waals surface area contributed by atoms with Gasteiger partial charge < -0.3 is 14.2 Å². The van der Waals surface area contributed by atoms with Gasteiger partial charge in [0.05, 0.1) is 7.11 Å². The molecule has 0 radical (unpaired) electrons. The Labute approximate surface area is 81.4 Å². The molecule has 1 aromatic carbocycles. The molecule has 0 saturated heterocycles. The van der Waals surface area contributed by atoms with Crippen LogP contribution in [0.5, 0.6) is 11.5 Å². The minimum atomic E-state index is -0.658. The van der Waals surface area contributed by atoms with Gasteiger partial charge in [-0.05, 0) is 12.1 Å². The highest BCUT2D eigenvalue weighted by Crippen LogP contribution is 2.30. The van der Waals surface area contributed by atoms with E-state index in [0.717, 1.165) is 0 Å². The number of ether oxygens (including phenoxy) is 3. The lowest BCUT2D eigenvalue weighted by molar-refractivity contribution is -0.151. The van der Waals surface area contributed by atoms with Crippen molar-refractivity contribution < 1.29 is 19.0 Å². The van der Waals surface area contributed by atoms with Crippen molar-refractivity contribution in [3.63, 3.8) is 0 Å². The van der Waals surface area contributed by atoms with E-state index in [9.17, 15) is 4.79 Å². The van der Waals surface area contributed by atoms with Crippen LogP contribution in [0.25, 0.3) is 0 Å². The first-order valence-corrected chi connectivity index (χ1v) is 4.27. The number of methoxy groups -OCH3 is 1. The molecule has 0 N–H and O–H groups in total. The summed E-state index contributed by atoms with van der Waals surface area (Å²) in [6.07, 6.45) is -0.658. The normalized spacial score (nSPS) is 18.8. The van der Waals surface area contributed by atoms with Crippen molar-refractivity contribution in [2.45, 2.75) is 6.10 Å². The zero-order valence-corrected chi connectivity index (χ0v) is 7.73. The van der Waals surface area contributed by atoms with Gasteiger partial charge in [0.25, 0.3) is 0 Å². The molecular weight excluding hydrogens is 184 g/mol. The van der Waals surface area contributed by atoms with E-state index < -0.39 is 12.1 Å². The standard InChI is InChI=1S/C10H10O4/c1-12-10(11)9-6-13-7-4-2-3-5-8(7)14-9/h2-5,9H,6H2,1H3. The molecule has 0 spiro atoms. The Balaban J connectivity index is 2.17. The summed E-state index contributed by atoms with van der Waals surface area (Å²) >= 11 is 0. The van der Waals surface area contributed by atoms with E-state index in [1.807, 2.05) is 12.1 Å². The van der Waals surface area contributed by atoms with Crippen molar-refractivity contribution in [3.05, 3.63) is 24.3 Å². The lowest BCUT2D eigenvalue weighted by atomic mass is 10.2. The van der Waals surface area contributed by atoms with Gasteiger partial charge >= 0.3 is 5.97 Å². The Kier molecular flexibility index (Phi) is 2.26. The lowest BCUT2D eigenvalue weighted by Gasteiger charge is -2.24. The quantitative estimate of drug-likeness (QED) is 0.625. The van der Waals surface area contributed by atoms with Gasteiger partial charge in [-0.15, -0.1) is 0 Å². The van der Waals surface area contributed by atoms with Crippen molar-refractivity contribution in [1.82, 2.24) is 0 Å². The van der Waals surface area contributed by atoms with E-state index in [-0.39, 0.29) is 6.61 Å². The fourth-order valence-electron chi connectivity index (χ4n) is 1.27. The van der Waals surface area contributed by atoms with Gasteiger partial charge in [0, 0.05) is 0 Å². The van der Waals surface area contributed by atoms with Gasteiger partial charge in [-0.1, -0.05) is 12.1 Å². The van der Waals surface area contributed by atoms with Gasteiger partial charge in [0.2, 0.25) is 6.10 Å². The van der Waals surface area contributed by atoms with Gasteiger partial charge in [0.15, 0.2) is 11.5 Å². The molecule has 1 atom stereocenters. The van der Waals surface area contributed by atoms with E-state index in [0.29, 0.717) is 11.5 Å². The first-order chi connectivity index (χ1) is 6.81. The Hall–Kier alpha value is -1.71. The Morgan fingerprint density at radius 1 is 1.43 bits per heavy atom. The molecule has 0 amide bonds. The molecule has 2 rings (SSSR count). The van der Waals surface area contributed by atoms with Crippen molar-refractivity contribution in [2.75, 3.05) is 13.7 Å². The predicted molar refractivity (Wildman–Crippen MR) is 48.4 cm³/mol. The summed E-state index contributed by atoms with van der Waals surface area (Å²) in [5.74, 6) is 0.821. The van der Waals surface area contributed by atoms with E-state index in [4.69, 9.17) is 9.47 Å². The molecule has 1 unspecified atom stereocenters. The minimum absolute atomic E-state index is 0.198. The third-order valence-electron chi connectivity index (χ3n) is 1.97. The van der Waals surface area contributed by atoms with E-state index in [2.05, 4.69) is 4.74 Å². The maximum Gasteiger partial charge on any atom is 0.350 e. The van der Waals surface area contributed by atoms with Crippen LogP contribution >= 0.6 is 0 Å². The highest BCUT2D eigenvalue weighted by Gasteiger charge is 2.27. The van der Waals surface area contributed by atoms with E-state index in [1.54, 1.807) is 12.1 Å². The fraction of sp³-hybridized carbons (Fsp3) is 0.300. The molecule has 0 bridgehead atoms. The molecule has 0 fully saturated rings. The molecule has 1 aromatic rings. The topological polar surface area (TPSA) is 44.8 Å². The van der Waals surface area contributed by atoms with Gasteiger partial charge in [-0.25, -0.2) is 4.79 Å². The summed E-state index contributed by atoms with van der Waals surface area (Å²) in [5, 5.41) is 0. The second-order valence-corrected chi connectivity index (χ2v) is 2.89. The van der Waals surface area contributed by atoms with Gasteiger partial charge in [-0.2, -0.15) is 0 Å². The van der Waals surface area contributed by atoms with Crippen LogP contribution in [-0.4, -0.2) is 25.8 Å². The summed E-state index contributed by atoms with van der Waals surface area (Å²) in [6.45, 7) is 0.198. The smallest absolute Gasteiger partial charge is 0.350 e. The average molecular weight is 194 g/mol. The van der Waals surface area contributed by atoms with Crippen LogP contribution in [0.4, 0.5) is 0 Å². The molecule has 1 heterocycles. The molecule has 1 aliphatic rings. The highest BCUT2D eigenvalue weighted by atomic mass is 16.6. The van der Waals surface area contributed by atoms with Crippen LogP contribution in [0.3, 0.4) is 0 Å². The SMILES string of the molecule is COC(=O)C1COc2ccccc2O1. The zero-order chi connectivity index (χ0) is 9.97. The van der Waals surface area contributed by atoms with Crippen LogP contribution in [0.2, 0.25) is 0 Å². The van der Waals surface area contributed by atoms with Gasteiger partial charge in [-0.3, -0.25) is 0 Å². The summed E-state index contributed by atoms with van der Waals surface area (Å²) in [4.78, 5) is 11.1. The second kappa shape index (κ2) is 3.57. The number of rotatable bonds is 1. The molecule has 0 aliphatic carbocycles. The molecule has 4 heteroatoms. The molecule has 0 saturated carbocycles. The molecule has 1 aliphatic heterocycles. The summed E-state index contributed by atoms with van der Waals surface area (Å²) in [6, 6.07) is 7.22. The first-order valence-electron chi connectivity index (χ1n) is 4.27. The van der Waals surface area contributed by atoms with Crippen LogP contribution in [-0.2, 0) is 9.53 Å². The fourth-order valence-corrected chi connectivity index (χ4v) is 1.27. The summed E-state index contributed by atoms with van der Waals surface area (Å²) in [5.41, 5.74) is 0. The minimum Gasteiger partial charge on any atom is -0.485 e. The number of esters is 1. The van der Waals surface area contributed by atoms with Crippen molar-refractivity contribution >= 4 is 5.97 Å². The maximum atomic E-state index is 11.1. The summed E-state index contributed by atoms with van der Waals surface area (Å²) < 4.78 is 15.3. The molecule has 74 valence electrons. The highest BCUT2D eigenvalue weighted by molar-refractivity contribution is 5.75. The van der Waals surface area contributed by atoms with E-state index in [1.165, 1.54) is 7.11 Å². The van der Waals surface area contributed by atoms with E-state index >= 15 is 0 Å². The molecule has 0 aromatic heterocycles. The maximum absolute atomic E-state index is 11.1. The lowest BCUT2D eigenvalue weighted by Crippen LogP contribution is -2.37. The molecular formula is C10H10O4. The first kappa shape index (κ1) is 8.87. The van der Waals surface area contributed by atoms with Crippen LogP contribution in [0.1, 0.15) is 0 Å². The largest absolute Gasteiger partial charge is 0.485 e. The second-order valence-electron chi connectivity index (χ2n) is 2.89. The Morgan fingerprint density at radius 3 is 2.86 bits per heavy atom. The number of fused-ring (bicyclic) bond motifs is 1. The van der Waals surface area contributed by atoms with Crippen molar-refractivity contribution in [3.8, 4) is 11.5 Å². The number of carbonyl (C=O) groups is 1. The number of para-hydroxylation sites is 2. The zero-order valence-electron chi connectivity index (χ0n) is 7.73. The average Bonchev–Trinajstić information content (AvgIpc) is 2.27. The van der Waals surface area contributed by atoms with Crippen molar-refractivity contribution in [2.24, 2.45) is 0 Å². The Morgan fingerprint density at radius 2 is 2.14 bits per heavy atom. The molecule has 14 heavy (non-hydrogen) atoms. The van der Waals surface area contributed by atoms with Gasteiger partial charge in [0.1, 0.15) is 6.61 Å². The van der Waals surface area contributed by atoms with Crippen LogP contribution in [0.15, 0.2) is 24.3 Å².